The van der Waals surface area contributed by atoms with Crippen LogP contribution in [0.4, 0.5) is 0 Å². The van der Waals surface area contributed by atoms with Crippen LogP contribution in [0.3, 0.4) is 0 Å². The molecule has 120 valence electrons. The summed E-state index contributed by atoms with van der Waals surface area (Å²) >= 11 is 0. The zero-order valence-corrected chi connectivity index (χ0v) is 13.9. The van der Waals surface area contributed by atoms with Gasteiger partial charge in [0.15, 0.2) is 5.43 Å². The van der Waals surface area contributed by atoms with Crippen molar-refractivity contribution in [1.82, 2.24) is 9.47 Å². The van der Waals surface area contributed by atoms with E-state index in [-0.39, 0.29) is 5.43 Å². The van der Waals surface area contributed by atoms with Crippen molar-refractivity contribution in [3.05, 3.63) is 52.7 Å². The summed E-state index contributed by atoms with van der Waals surface area (Å²) in [7, 11) is 6.08. The Morgan fingerprint density at radius 2 is 1.78 bits per heavy atom. The third kappa shape index (κ3) is 3.08. The Morgan fingerprint density at radius 1 is 1.04 bits per heavy atom. The van der Waals surface area contributed by atoms with E-state index in [0.29, 0.717) is 12.0 Å². The molecule has 1 aromatic heterocycles. The molecule has 4 heteroatoms. The van der Waals surface area contributed by atoms with Crippen LogP contribution in [-0.4, -0.2) is 36.7 Å². The molecule has 0 amide bonds. The van der Waals surface area contributed by atoms with Gasteiger partial charge in [-0.1, -0.05) is 12.1 Å². The van der Waals surface area contributed by atoms with Gasteiger partial charge in [-0.15, -0.1) is 0 Å². The average molecular weight is 310 g/mol. The molecule has 2 aromatic carbocycles. The maximum Gasteiger partial charge on any atom is 0.197 e. The average Bonchev–Trinajstić information content (AvgIpc) is 2.56. The zero-order chi connectivity index (χ0) is 16.4. The van der Waals surface area contributed by atoms with Gasteiger partial charge in [0.2, 0.25) is 0 Å². The Bertz CT molecular complexity index is 897. The molecule has 0 N–H and O–H groups in total. The molecular weight excluding hydrogens is 288 g/mol. The Balaban J connectivity index is 1.98. The molecule has 0 aliphatic heterocycles. The number of rotatable bonds is 5. The minimum Gasteiger partial charge on any atom is -0.494 e. The van der Waals surface area contributed by atoms with Crippen LogP contribution in [0.2, 0.25) is 0 Å². The summed E-state index contributed by atoms with van der Waals surface area (Å²) in [4.78, 5) is 14.9. The smallest absolute Gasteiger partial charge is 0.197 e. The number of aryl methyl sites for hydroxylation is 1. The van der Waals surface area contributed by atoms with Gasteiger partial charge in [-0.3, -0.25) is 4.79 Å². The van der Waals surface area contributed by atoms with Crippen LogP contribution in [0.15, 0.2) is 47.3 Å². The van der Waals surface area contributed by atoms with Crippen LogP contribution in [-0.2, 0) is 7.05 Å². The number of aromatic nitrogens is 1. The van der Waals surface area contributed by atoms with E-state index >= 15 is 0 Å². The van der Waals surface area contributed by atoms with E-state index in [0.717, 1.165) is 35.1 Å². The van der Waals surface area contributed by atoms with Crippen molar-refractivity contribution in [3.63, 3.8) is 0 Å². The van der Waals surface area contributed by atoms with Crippen LogP contribution in [0.25, 0.3) is 21.8 Å². The minimum atomic E-state index is 0.0624. The van der Waals surface area contributed by atoms with Crippen molar-refractivity contribution in [2.75, 3.05) is 27.2 Å². The Morgan fingerprint density at radius 3 is 2.57 bits per heavy atom. The summed E-state index contributed by atoms with van der Waals surface area (Å²) < 4.78 is 7.85. The lowest BCUT2D eigenvalue weighted by Gasteiger charge is -2.13. The van der Waals surface area contributed by atoms with Gasteiger partial charge in [0.05, 0.1) is 17.6 Å². The molecule has 0 bridgehead atoms. The number of hydrogen-bond donors (Lipinski definition) is 0. The number of para-hydroxylation sites is 1. The van der Waals surface area contributed by atoms with Crippen LogP contribution >= 0.6 is 0 Å². The Labute approximate surface area is 135 Å². The molecule has 3 rings (SSSR count). The van der Waals surface area contributed by atoms with Crippen molar-refractivity contribution in [3.8, 4) is 5.75 Å². The van der Waals surface area contributed by atoms with Crippen molar-refractivity contribution >= 4 is 21.8 Å². The van der Waals surface area contributed by atoms with E-state index in [2.05, 4.69) is 9.47 Å². The number of hydrogen-bond acceptors (Lipinski definition) is 3. The molecule has 0 saturated heterocycles. The zero-order valence-electron chi connectivity index (χ0n) is 13.9. The molecular formula is C19H22N2O2. The van der Waals surface area contributed by atoms with E-state index in [1.165, 1.54) is 0 Å². The van der Waals surface area contributed by atoms with E-state index in [4.69, 9.17) is 4.74 Å². The molecule has 0 spiro atoms. The molecule has 0 saturated carbocycles. The summed E-state index contributed by atoms with van der Waals surface area (Å²) in [5, 5.41) is 1.45. The topological polar surface area (TPSA) is 34.5 Å². The SMILES string of the molecule is CN(C)CCCOc1ccc2c(c1)c(=O)c1ccccc1n2C. The number of ether oxygens (including phenoxy) is 1. The van der Waals surface area contributed by atoms with Crippen molar-refractivity contribution in [2.24, 2.45) is 7.05 Å². The maximum atomic E-state index is 12.7. The first-order valence-electron chi connectivity index (χ1n) is 7.87. The van der Waals surface area contributed by atoms with E-state index in [1.807, 2.05) is 63.6 Å². The summed E-state index contributed by atoms with van der Waals surface area (Å²) in [6.07, 6.45) is 0.959. The van der Waals surface area contributed by atoms with Gasteiger partial charge < -0.3 is 14.2 Å². The Hall–Kier alpha value is -2.33. The lowest BCUT2D eigenvalue weighted by atomic mass is 10.1. The van der Waals surface area contributed by atoms with E-state index in [9.17, 15) is 4.79 Å². The summed E-state index contributed by atoms with van der Waals surface area (Å²) in [5.41, 5.74) is 1.94. The molecule has 0 aliphatic carbocycles. The fourth-order valence-electron chi connectivity index (χ4n) is 2.88. The van der Waals surface area contributed by atoms with Gasteiger partial charge in [-0.2, -0.15) is 0 Å². The molecule has 0 radical (unpaired) electrons. The maximum absolute atomic E-state index is 12.7. The van der Waals surface area contributed by atoms with Crippen molar-refractivity contribution < 1.29 is 4.74 Å². The first-order valence-corrected chi connectivity index (χ1v) is 7.87. The summed E-state index contributed by atoms with van der Waals surface area (Å²) in [6.45, 7) is 1.64. The fourth-order valence-corrected chi connectivity index (χ4v) is 2.88. The normalized spacial score (nSPS) is 11.5. The summed E-state index contributed by atoms with van der Waals surface area (Å²) in [5.74, 6) is 0.753. The second-order valence-electron chi connectivity index (χ2n) is 6.09. The highest BCUT2D eigenvalue weighted by Gasteiger charge is 2.09. The number of benzene rings is 2. The van der Waals surface area contributed by atoms with Gasteiger partial charge in [0.25, 0.3) is 0 Å². The van der Waals surface area contributed by atoms with Crippen molar-refractivity contribution in [1.29, 1.82) is 0 Å². The monoisotopic (exact) mass is 310 g/mol. The number of fused-ring (bicyclic) bond motifs is 2. The van der Waals surface area contributed by atoms with Gasteiger partial charge in [-0.05, 0) is 50.8 Å². The fraction of sp³-hybridized carbons (Fsp3) is 0.316. The largest absolute Gasteiger partial charge is 0.494 e. The summed E-state index contributed by atoms with van der Waals surface area (Å²) in [6, 6.07) is 13.5. The molecule has 0 aliphatic rings. The molecule has 0 atom stereocenters. The van der Waals surface area contributed by atoms with Gasteiger partial charge in [0.1, 0.15) is 5.75 Å². The van der Waals surface area contributed by atoms with Gasteiger partial charge >= 0.3 is 0 Å². The highest BCUT2D eigenvalue weighted by molar-refractivity contribution is 5.93. The van der Waals surface area contributed by atoms with E-state index in [1.54, 1.807) is 0 Å². The van der Waals surface area contributed by atoms with E-state index < -0.39 is 0 Å². The number of pyridine rings is 1. The standard InChI is InChI=1S/C19H22N2O2/c1-20(2)11-6-12-23-14-9-10-18-16(13-14)19(22)15-7-4-5-8-17(15)21(18)3/h4-5,7-10,13H,6,11-12H2,1-3H3. The van der Waals surface area contributed by atoms with Crippen LogP contribution in [0, 0.1) is 0 Å². The lowest BCUT2D eigenvalue weighted by molar-refractivity contribution is 0.282. The van der Waals surface area contributed by atoms with Crippen LogP contribution < -0.4 is 10.2 Å². The predicted molar refractivity (Wildman–Crippen MR) is 95.4 cm³/mol. The molecule has 23 heavy (non-hydrogen) atoms. The minimum absolute atomic E-state index is 0.0624. The number of nitrogens with zero attached hydrogens (tertiary/aromatic N) is 2. The lowest BCUT2D eigenvalue weighted by Crippen LogP contribution is -2.15. The molecule has 1 heterocycles. The predicted octanol–water partition coefficient (Wildman–Crippen LogP) is 3.02. The Kier molecular flexibility index (Phi) is 4.35. The van der Waals surface area contributed by atoms with Gasteiger partial charge in [-0.25, -0.2) is 0 Å². The first-order chi connectivity index (χ1) is 11.1. The third-order valence-corrected chi connectivity index (χ3v) is 4.10. The van der Waals surface area contributed by atoms with Crippen LogP contribution in [0.1, 0.15) is 6.42 Å². The second-order valence-corrected chi connectivity index (χ2v) is 6.09. The van der Waals surface area contributed by atoms with Gasteiger partial charge in [0, 0.05) is 24.4 Å². The second kappa shape index (κ2) is 6.42. The highest BCUT2D eigenvalue weighted by Crippen LogP contribution is 2.22. The molecule has 3 aromatic rings. The highest BCUT2D eigenvalue weighted by atomic mass is 16.5. The first kappa shape index (κ1) is 15.6. The quantitative estimate of drug-likeness (QED) is 0.537. The molecule has 0 unspecified atom stereocenters. The third-order valence-electron chi connectivity index (χ3n) is 4.10. The molecule has 0 fully saturated rings. The van der Waals surface area contributed by atoms with Crippen molar-refractivity contribution in [2.45, 2.75) is 6.42 Å². The van der Waals surface area contributed by atoms with Crippen LogP contribution in [0.5, 0.6) is 5.75 Å². The molecule has 4 nitrogen and oxygen atoms in total.